The molecule has 1 aliphatic heterocycles. The molecule has 4 nitrogen and oxygen atoms in total. The van der Waals surface area contributed by atoms with Gasteiger partial charge in [-0.3, -0.25) is 9.59 Å². The van der Waals surface area contributed by atoms with E-state index < -0.39 is 0 Å². The van der Waals surface area contributed by atoms with Crippen molar-refractivity contribution in [2.75, 3.05) is 20.2 Å². The van der Waals surface area contributed by atoms with Crippen molar-refractivity contribution in [3.63, 3.8) is 0 Å². The van der Waals surface area contributed by atoms with Gasteiger partial charge in [0.2, 0.25) is 5.91 Å². The summed E-state index contributed by atoms with van der Waals surface area (Å²) in [4.78, 5) is 25.7. The normalized spacial score (nSPS) is 22.8. The van der Waals surface area contributed by atoms with E-state index >= 15 is 0 Å². The van der Waals surface area contributed by atoms with Crippen LogP contribution >= 0.6 is 0 Å². The fourth-order valence-electron chi connectivity index (χ4n) is 3.39. The van der Waals surface area contributed by atoms with Gasteiger partial charge in [0.1, 0.15) is 0 Å². The molecule has 1 saturated carbocycles. The second kappa shape index (κ2) is 5.95. The van der Waals surface area contributed by atoms with Crippen molar-refractivity contribution in [3.05, 3.63) is 42.0 Å². The minimum Gasteiger partial charge on any atom is -0.469 e. The van der Waals surface area contributed by atoms with Gasteiger partial charge < -0.3 is 9.64 Å². The van der Waals surface area contributed by atoms with Gasteiger partial charge in [0, 0.05) is 19.2 Å². The third kappa shape index (κ3) is 2.91. The van der Waals surface area contributed by atoms with Crippen molar-refractivity contribution >= 4 is 18.0 Å². The summed E-state index contributed by atoms with van der Waals surface area (Å²) in [6, 6.07) is 9.81. The van der Waals surface area contributed by atoms with E-state index in [4.69, 9.17) is 4.74 Å². The lowest BCUT2D eigenvalue weighted by atomic mass is 9.91. The molecule has 1 saturated heterocycles. The maximum absolute atomic E-state index is 12.2. The number of carbonyl (C=O) groups excluding carboxylic acids is 2. The average Bonchev–Trinajstić information content (AvgIpc) is 3.27. The lowest BCUT2D eigenvalue weighted by Crippen LogP contribution is -2.39. The first-order chi connectivity index (χ1) is 10.6. The molecule has 2 fully saturated rings. The molecular weight excluding hydrogens is 278 g/mol. The molecule has 0 aromatic heterocycles. The fourth-order valence-corrected chi connectivity index (χ4v) is 3.39. The molecule has 0 N–H and O–H groups in total. The van der Waals surface area contributed by atoms with Crippen LogP contribution in [0.4, 0.5) is 0 Å². The van der Waals surface area contributed by atoms with Crippen molar-refractivity contribution in [2.24, 2.45) is 11.3 Å². The molecule has 1 aliphatic carbocycles. The lowest BCUT2D eigenvalue weighted by Gasteiger charge is -2.32. The van der Waals surface area contributed by atoms with E-state index in [1.165, 1.54) is 7.11 Å². The second-order valence-corrected chi connectivity index (χ2v) is 6.21. The second-order valence-electron chi connectivity index (χ2n) is 6.21. The molecule has 1 aromatic carbocycles. The van der Waals surface area contributed by atoms with Crippen LogP contribution < -0.4 is 0 Å². The van der Waals surface area contributed by atoms with Crippen molar-refractivity contribution in [3.8, 4) is 0 Å². The zero-order chi connectivity index (χ0) is 15.6. The summed E-state index contributed by atoms with van der Waals surface area (Å²) in [6.07, 6.45) is 6.20. The molecule has 1 atom stereocenters. The van der Waals surface area contributed by atoms with Crippen LogP contribution in [0.3, 0.4) is 0 Å². The first kappa shape index (κ1) is 14.8. The van der Waals surface area contributed by atoms with Crippen LogP contribution in [0.25, 0.3) is 6.08 Å². The van der Waals surface area contributed by atoms with Gasteiger partial charge in [0.05, 0.1) is 13.0 Å². The van der Waals surface area contributed by atoms with Crippen molar-refractivity contribution in [1.82, 2.24) is 4.90 Å². The van der Waals surface area contributed by atoms with Crippen molar-refractivity contribution in [2.45, 2.75) is 19.3 Å². The van der Waals surface area contributed by atoms with Crippen LogP contribution in [0.5, 0.6) is 0 Å². The number of benzene rings is 1. The first-order valence-electron chi connectivity index (χ1n) is 7.74. The standard InChI is InChI=1S/C18H21NO3/c1-22-17(21)15-13-18(15)9-11-19(12-10-18)16(20)8-7-14-5-3-2-4-6-14/h2-8,15H,9-13H2,1H3/b8-7+/t15-/m1/s1. The smallest absolute Gasteiger partial charge is 0.309 e. The minimum absolute atomic E-state index is 0.0500. The number of nitrogens with zero attached hydrogens (tertiary/aromatic N) is 1. The summed E-state index contributed by atoms with van der Waals surface area (Å²) in [7, 11) is 1.45. The summed E-state index contributed by atoms with van der Waals surface area (Å²) in [5, 5.41) is 0. The molecule has 2 aliphatic rings. The molecule has 3 rings (SSSR count). The highest BCUT2D eigenvalue weighted by molar-refractivity contribution is 5.91. The highest BCUT2D eigenvalue weighted by Crippen LogP contribution is 2.59. The summed E-state index contributed by atoms with van der Waals surface area (Å²) in [5.74, 6) is 0.00679. The Morgan fingerprint density at radius 1 is 1.23 bits per heavy atom. The molecule has 0 unspecified atom stereocenters. The van der Waals surface area contributed by atoms with E-state index in [-0.39, 0.29) is 23.2 Å². The zero-order valence-corrected chi connectivity index (χ0v) is 12.8. The van der Waals surface area contributed by atoms with Crippen LogP contribution in [0.15, 0.2) is 36.4 Å². The number of hydrogen-bond donors (Lipinski definition) is 0. The van der Waals surface area contributed by atoms with Crippen molar-refractivity contribution < 1.29 is 14.3 Å². The highest BCUT2D eigenvalue weighted by atomic mass is 16.5. The number of hydrogen-bond acceptors (Lipinski definition) is 3. The van der Waals surface area contributed by atoms with E-state index in [9.17, 15) is 9.59 Å². The van der Waals surface area contributed by atoms with Gasteiger partial charge in [0.25, 0.3) is 0 Å². The Hall–Kier alpha value is -2.10. The molecule has 1 amide bonds. The number of rotatable bonds is 3. The fraction of sp³-hybridized carbons (Fsp3) is 0.444. The van der Waals surface area contributed by atoms with Gasteiger partial charge in [0.15, 0.2) is 0 Å². The maximum atomic E-state index is 12.2. The number of amides is 1. The lowest BCUT2D eigenvalue weighted by molar-refractivity contribution is -0.143. The molecule has 1 aromatic rings. The third-order valence-corrected chi connectivity index (χ3v) is 4.96. The molecule has 116 valence electrons. The van der Waals surface area contributed by atoms with Gasteiger partial charge in [-0.15, -0.1) is 0 Å². The summed E-state index contributed by atoms with van der Waals surface area (Å²) in [6.45, 7) is 1.46. The summed E-state index contributed by atoms with van der Waals surface area (Å²) in [5.41, 5.74) is 1.13. The van der Waals surface area contributed by atoms with E-state index in [0.29, 0.717) is 0 Å². The Morgan fingerprint density at radius 2 is 1.91 bits per heavy atom. The molecule has 4 heteroatoms. The number of likely N-dealkylation sites (tertiary alicyclic amines) is 1. The first-order valence-corrected chi connectivity index (χ1v) is 7.74. The Labute approximate surface area is 130 Å². The monoisotopic (exact) mass is 299 g/mol. The zero-order valence-electron chi connectivity index (χ0n) is 12.8. The van der Waals surface area contributed by atoms with Gasteiger partial charge >= 0.3 is 5.97 Å². The van der Waals surface area contributed by atoms with Gasteiger partial charge in [-0.1, -0.05) is 30.3 Å². The Kier molecular flexibility index (Phi) is 4.01. The molecule has 0 radical (unpaired) electrons. The predicted octanol–water partition coefficient (Wildman–Crippen LogP) is 2.50. The third-order valence-electron chi connectivity index (χ3n) is 4.96. The SMILES string of the molecule is COC(=O)[C@H]1CC12CCN(C(=O)/C=C/c1ccccc1)CC2. The number of piperidine rings is 1. The quantitative estimate of drug-likeness (QED) is 0.636. The summed E-state index contributed by atoms with van der Waals surface area (Å²) >= 11 is 0. The van der Waals surface area contributed by atoms with Crippen LogP contribution in [0.1, 0.15) is 24.8 Å². The van der Waals surface area contributed by atoms with Crippen LogP contribution in [-0.4, -0.2) is 37.0 Å². The van der Waals surface area contributed by atoms with Crippen LogP contribution in [-0.2, 0) is 14.3 Å². The number of methoxy groups -OCH3 is 1. The van der Waals surface area contributed by atoms with Gasteiger partial charge in [-0.05, 0) is 36.3 Å². The van der Waals surface area contributed by atoms with E-state index in [1.54, 1.807) is 6.08 Å². The Bertz CT molecular complexity index is 586. The summed E-state index contributed by atoms with van der Waals surface area (Å²) < 4.78 is 4.83. The predicted molar refractivity (Wildman–Crippen MR) is 83.8 cm³/mol. The van der Waals surface area contributed by atoms with Gasteiger partial charge in [-0.2, -0.15) is 0 Å². The van der Waals surface area contributed by atoms with Gasteiger partial charge in [-0.25, -0.2) is 0 Å². The van der Waals surface area contributed by atoms with E-state index in [1.807, 2.05) is 41.3 Å². The average molecular weight is 299 g/mol. The largest absolute Gasteiger partial charge is 0.469 e. The molecule has 1 heterocycles. The topological polar surface area (TPSA) is 46.6 Å². The van der Waals surface area contributed by atoms with Crippen LogP contribution in [0.2, 0.25) is 0 Å². The number of ether oxygens (including phenoxy) is 1. The van der Waals surface area contributed by atoms with E-state index in [2.05, 4.69) is 0 Å². The highest BCUT2D eigenvalue weighted by Gasteiger charge is 2.59. The Balaban J connectivity index is 1.53. The molecule has 22 heavy (non-hydrogen) atoms. The number of esters is 1. The molecule has 1 spiro atoms. The maximum Gasteiger partial charge on any atom is 0.309 e. The molecule has 0 bridgehead atoms. The van der Waals surface area contributed by atoms with Crippen LogP contribution in [0, 0.1) is 11.3 Å². The van der Waals surface area contributed by atoms with E-state index in [0.717, 1.165) is 37.9 Å². The number of carbonyl (C=O) groups is 2. The molecular formula is C18H21NO3. The van der Waals surface area contributed by atoms with Crippen molar-refractivity contribution in [1.29, 1.82) is 0 Å². The Morgan fingerprint density at radius 3 is 2.55 bits per heavy atom. The minimum atomic E-state index is -0.0938.